The zero-order valence-electron chi connectivity index (χ0n) is 27.4. The van der Waals surface area contributed by atoms with Crippen LogP contribution < -0.4 is 4.90 Å². The minimum Gasteiger partial charge on any atom is -0.456 e. The Morgan fingerprint density at radius 3 is 1.28 bits per heavy atom. The van der Waals surface area contributed by atoms with Gasteiger partial charge in [0.05, 0.1) is 0 Å². The second-order valence-corrected chi connectivity index (χ2v) is 12.6. The highest BCUT2D eigenvalue weighted by molar-refractivity contribution is 6.06. The van der Waals surface area contributed by atoms with E-state index in [2.05, 4.69) is 193 Å². The molecule has 0 bridgehead atoms. The van der Waals surface area contributed by atoms with Crippen molar-refractivity contribution in [2.24, 2.45) is 0 Å². The zero-order valence-corrected chi connectivity index (χ0v) is 27.4. The molecule has 0 atom stereocenters. The lowest BCUT2D eigenvalue weighted by molar-refractivity contribution is 0.669. The molecule has 0 radical (unpaired) electrons. The smallest absolute Gasteiger partial charge is 0.137 e. The molecule has 0 saturated carbocycles. The third-order valence-corrected chi connectivity index (χ3v) is 9.52. The molecule has 1 heterocycles. The maximum atomic E-state index is 6.34. The average Bonchev–Trinajstić information content (AvgIpc) is 3.57. The Balaban J connectivity index is 1.10. The van der Waals surface area contributed by atoms with Gasteiger partial charge in [0.25, 0.3) is 0 Å². The molecule has 0 N–H and O–H groups in total. The molecule has 8 aromatic carbocycles. The average molecular weight is 640 g/mol. The lowest BCUT2D eigenvalue weighted by atomic mass is 9.94. The Morgan fingerprint density at radius 2 is 0.680 bits per heavy atom. The first-order valence-corrected chi connectivity index (χ1v) is 17.0. The molecule has 2 nitrogen and oxygen atoms in total. The molecule has 0 saturated heterocycles. The van der Waals surface area contributed by atoms with Crippen molar-refractivity contribution in [2.45, 2.75) is 0 Å². The zero-order chi connectivity index (χ0) is 33.3. The van der Waals surface area contributed by atoms with Gasteiger partial charge < -0.3 is 9.32 Å². The fourth-order valence-corrected chi connectivity index (χ4v) is 6.98. The molecular weight excluding hydrogens is 607 g/mol. The summed E-state index contributed by atoms with van der Waals surface area (Å²) in [6.45, 7) is 0. The van der Waals surface area contributed by atoms with Crippen LogP contribution in [-0.4, -0.2) is 0 Å². The van der Waals surface area contributed by atoms with E-state index in [0.29, 0.717) is 0 Å². The molecule has 0 aliphatic rings. The predicted octanol–water partition coefficient (Wildman–Crippen LogP) is 13.7. The van der Waals surface area contributed by atoms with Gasteiger partial charge in [0.2, 0.25) is 0 Å². The summed E-state index contributed by atoms with van der Waals surface area (Å²) in [7, 11) is 0. The van der Waals surface area contributed by atoms with Crippen molar-refractivity contribution in [2.75, 3.05) is 4.90 Å². The number of fused-ring (bicyclic) bond motifs is 3. The predicted molar refractivity (Wildman–Crippen MR) is 210 cm³/mol. The van der Waals surface area contributed by atoms with E-state index in [-0.39, 0.29) is 0 Å². The molecule has 0 aliphatic carbocycles. The van der Waals surface area contributed by atoms with Crippen LogP contribution in [0.2, 0.25) is 0 Å². The maximum Gasteiger partial charge on any atom is 0.137 e. The van der Waals surface area contributed by atoms with E-state index in [0.717, 1.165) is 39.0 Å². The van der Waals surface area contributed by atoms with Gasteiger partial charge in [-0.05, 0) is 87.0 Å². The van der Waals surface area contributed by atoms with Crippen LogP contribution in [0.3, 0.4) is 0 Å². The van der Waals surface area contributed by atoms with Gasteiger partial charge in [0.1, 0.15) is 11.2 Å². The number of hydrogen-bond acceptors (Lipinski definition) is 2. The fourth-order valence-electron chi connectivity index (χ4n) is 6.98. The van der Waals surface area contributed by atoms with E-state index in [9.17, 15) is 0 Å². The first-order chi connectivity index (χ1) is 24.8. The molecule has 9 aromatic rings. The highest BCUT2D eigenvalue weighted by atomic mass is 16.3. The van der Waals surface area contributed by atoms with Crippen molar-refractivity contribution in [3.8, 4) is 44.5 Å². The Kier molecular flexibility index (Phi) is 7.53. The van der Waals surface area contributed by atoms with Crippen molar-refractivity contribution < 1.29 is 4.42 Å². The fraction of sp³-hybridized carbons (Fsp3) is 0. The summed E-state index contributed by atoms with van der Waals surface area (Å²) < 4.78 is 6.34. The molecule has 9 rings (SSSR count). The molecule has 0 amide bonds. The number of furan rings is 1. The van der Waals surface area contributed by atoms with Crippen LogP contribution in [0.25, 0.3) is 66.4 Å². The highest BCUT2D eigenvalue weighted by Gasteiger charge is 2.17. The second-order valence-electron chi connectivity index (χ2n) is 12.6. The molecule has 236 valence electrons. The van der Waals surface area contributed by atoms with Crippen LogP contribution >= 0.6 is 0 Å². The van der Waals surface area contributed by atoms with E-state index in [1.165, 1.54) is 44.5 Å². The first-order valence-electron chi connectivity index (χ1n) is 17.0. The minimum atomic E-state index is 0.872. The highest BCUT2D eigenvalue weighted by Crippen LogP contribution is 2.40. The summed E-state index contributed by atoms with van der Waals surface area (Å²) in [5.74, 6) is 0. The van der Waals surface area contributed by atoms with Gasteiger partial charge in [-0.15, -0.1) is 0 Å². The quantitative estimate of drug-likeness (QED) is 0.173. The molecule has 0 fully saturated rings. The SMILES string of the molecule is c1ccc(-c2ccc(-c3ccc(N(c4ccc(-c5ccccc5-c5ccccc5)cc4)c4ccc5c(c4)oc4ccccc45)cc3)cc2)cc1. The monoisotopic (exact) mass is 639 g/mol. The van der Waals surface area contributed by atoms with Crippen molar-refractivity contribution >= 4 is 39.0 Å². The van der Waals surface area contributed by atoms with Gasteiger partial charge in [-0.25, -0.2) is 0 Å². The number of hydrogen-bond donors (Lipinski definition) is 0. The van der Waals surface area contributed by atoms with Gasteiger partial charge in [-0.2, -0.15) is 0 Å². The van der Waals surface area contributed by atoms with Crippen molar-refractivity contribution in [3.63, 3.8) is 0 Å². The second kappa shape index (κ2) is 12.8. The van der Waals surface area contributed by atoms with E-state index < -0.39 is 0 Å². The number of para-hydroxylation sites is 1. The number of nitrogens with zero attached hydrogens (tertiary/aromatic N) is 1. The van der Waals surface area contributed by atoms with Crippen LogP contribution in [0.1, 0.15) is 0 Å². The molecule has 50 heavy (non-hydrogen) atoms. The third kappa shape index (κ3) is 5.53. The Hall–Kier alpha value is -6.64. The Morgan fingerprint density at radius 1 is 0.280 bits per heavy atom. The summed E-state index contributed by atoms with van der Waals surface area (Å²) in [6.07, 6.45) is 0. The maximum absolute atomic E-state index is 6.34. The van der Waals surface area contributed by atoms with E-state index >= 15 is 0 Å². The van der Waals surface area contributed by atoms with E-state index in [1.54, 1.807) is 0 Å². The molecule has 1 aromatic heterocycles. The Labute approximate surface area is 292 Å². The summed E-state index contributed by atoms with van der Waals surface area (Å²) in [6, 6.07) is 71.0. The lowest BCUT2D eigenvalue weighted by Crippen LogP contribution is -2.09. The summed E-state index contributed by atoms with van der Waals surface area (Å²) in [5.41, 5.74) is 14.6. The number of rotatable bonds is 7. The van der Waals surface area contributed by atoms with Crippen LogP contribution in [0, 0.1) is 0 Å². The summed E-state index contributed by atoms with van der Waals surface area (Å²) in [4.78, 5) is 2.31. The van der Waals surface area contributed by atoms with Gasteiger partial charge >= 0.3 is 0 Å². The molecule has 0 aliphatic heterocycles. The third-order valence-electron chi connectivity index (χ3n) is 9.52. The van der Waals surface area contributed by atoms with Gasteiger partial charge in [-0.3, -0.25) is 0 Å². The van der Waals surface area contributed by atoms with Crippen molar-refractivity contribution in [3.05, 3.63) is 200 Å². The van der Waals surface area contributed by atoms with E-state index in [1.807, 2.05) is 12.1 Å². The van der Waals surface area contributed by atoms with Crippen molar-refractivity contribution in [1.82, 2.24) is 0 Å². The molecule has 0 spiro atoms. The lowest BCUT2D eigenvalue weighted by Gasteiger charge is -2.26. The molecular formula is C48H33NO. The number of anilines is 3. The van der Waals surface area contributed by atoms with Crippen LogP contribution in [0.5, 0.6) is 0 Å². The largest absolute Gasteiger partial charge is 0.456 e. The van der Waals surface area contributed by atoms with Crippen molar-refractivity contribution in [1.29, 1.82) is 0 Å². The van der Waals surface area contributed by atoms with Gasteiger partial charge in [0.15, 0.2) is 0 Å². The van der Waals surface area contributed by atoms with Gasteiger partial charge in [-0.1, -0.05) is 152 Å². The summed E-state index contributed by atoms with van der Waals surface area (Å²) in [5, 5.41) is 2.25. The Bertz CT molecular complexity index is 2550. The standard InChI is InChI=1S/C48H33NO/c1-3-11-34(12-4-1)35-19-21-36(22-20-35)37-23-27-40(28-24-37)49(42-31-32-46-45-17-9-10-18-47(45)50-48(46)33-42)41-29-25-39(26-30-41)44-16-8-7-15-43(44)38-13-5-2-6-14-38/h1-33H. The van der Waals surface area contributed by atoms with Crippen LogP contribution in [0.15, 0.2) is 205 Å². The van der Waals surface area contributed by atoms with E-state index in [4.69, 9.17) is 4.42 Å². The van der Waals surface area contributed by atoms with Crippen LogP contribution in [0.4, 0.5) is 17.1 Å². The normalized spacial score (nSPS) is 11.2. The molecule has 2 heteroatoms. The first kappa shape index (κ1) is 29.5. The minimum absolute atomic E-state index is 0.872. The number of benzene rings is 8. The van der Waals surface area contributed by atoms with Gasteiger partial charge in [0, 0.05) is 33.9 Å². The topological polar surface area (TPSA) is 16.4 Å². The van der Waals surface area contributed by atoms with Crippen LogP contribution in [-0.2, 0) is 0 Å². The molecule has 0 unspecified atom stereocenters. The summed E-state index contributed by atoms with van der Waals surface area (Å²) >= 11 is 0.